The minimum atomic E-state index is -0.359. The molecular formula is C18H17NO4. The van der Waals surface area contributed by atoms with Gasteiger partial charge >= 0.3 is 0 Å². The molecule has 0 radical (unpaired) electrons. The quantitative estimate of drug-likeness (QED) is 0.882. The van der Waals surface area contributed by atoms with E-state index in [0.29, 0.717) is 22.8 Å². The van der Waals surface area contributed by atoms with Gasteiger partial charge in [-0.05, 0) is 30.3 Å². The highest BCUT2D eigenvalue weighted by molar-refractivity contribution is 6.35. The number of carbonyl (C=O) groups excluding carboxylic acids is 1. The average molecular weight is 311 g/mol. The number of anilines is 1. The maximum atomic E-state index is 12.6. The lowest BCUT2D eigenvalue weighted by atomic mass is 10.0. The van der Waals surface area contributed by atoms with Crippen LogP contribution in [-0.2, 0) is 4.79 Å². The molecule has 1 heterocycles. The van der Waals surface area contributed by atoms with Gasteiger partial charge in [0.2, 0.25) is 0 Å². The molecule has 118 valence electrons. The van der Waals surface area contributed by atoms with Crippen LogP contribution in [0.25, 0.3) is 11.6 Å². The smallest absolute Gasteiger partial charge is 0.260 e. The summed E-state index contributed by atoms with van der Waals surface area (Å²) < 4.78 is 10.6. The minimum Gasteiger partial charge on any atom is -0.497 e. The third-order valence-corrected chi connectivity index (χ3v) is 3.84. The maximum Gasteiger partial charge on any atom is 0.260 e. The number of hydrogen-bond donors (Lipinski definition) is 1. The van der Waals surface area contributed by atoms with E-state index in [0.717, 1.165) is 11.1 Å². The molecule has 0 saturated heterocycles. The molecule has 5 nitrogen and oxygen atoms in total. The van der Waals surface area contributed by atoms with E-state index >= 15 is 0 Å². The molecule has 23 heavy (non-hydrogen) atoms. The molecule has 0 unspecified atom stereocenters. The van der Waals surface area contributed by atoms with Gasteiger partial charge in [-0.25, -0.2) is 0 Å². The summed E-state index contributed by atoms with van der Waals surface area (Å²) in [7, 11) is 3.16. The second kappa shape index (κ2) is 6.14. The Morgan fingerprint density at radius 2 is 1.91 bits per heavy atom. The van der Waals surface area contributed by atoms with Crippen molar-refractivity contribution >= 4 is 23.2 Å². The third-order valence-electron chi connectivity index (χ3n) is 3.84. The van der Waals surface area contributed by atoms with Gasteiger partial charge < -0.3 is 14.6 Å². The Hall–Kier alpha value is -2.79. The molecule has 1 aliphatic rings. The van der Waals surface area contributed by atoms with E-state index in [4.69, 9.17) is 9.47 Å². The molecule has 0 saturated carbocycles. The summed E-state index contributed by atoms with van der Waals surface area (Å²) in [5.74, 6) is 1.08. The molecule has 1 N–H and O–H groups in total. The Kier molecular flexibility index (Phi) is 4.04. The molecule has 0 atom stereocenters. The number of amides is 1. The fraction of sp³-hybridized carbons (Fsp3) is 0.167. The van der Waals surface area contributed by atoms with Crippen LogP contribution < -0.4 is 14.4 Å². The Labute approximate surface area is 134 Å². The van der Waals surface area contributed by atoms with E-state index in [9.17, 15) is 9.90 Å². The number of aliphatic hydroxyl groups excluding tert-OH is 1. The first-order valence-corrected chi connectivity index (χ1v) is 7.15. The summed E-state index contributed by atoms with van der Waals surface area (Å²) in [5, 5.41) is 9.48. The highest BCUT2D eigenvalue weighted by Gasteiger charge is 2.31. The van der Waals surface area contributed by atoms with Gasteiger partial charge in [0.25, 0.3) is 5.91 Å². The van der Waals surface area contributed by atoms with Crippen LogP contribution in [0.1, 0.15) is 11.1 Å². The van der Waals surface area contributed by atoms with Crippen LogP contribution in [0.2, 0.25) is 0 Å². The second-order valence-corrected chi connectivity index (χ2v) is 5.06. The average Bonchev–Trinajstić information content (AvgIpc) is 2.86. The SMILES string of the molecule is COc1ccc(OC)c(C=C2C(=O)N(CO)c3ccccc32)c1. The van der Waals surface area contributed by atoms with Gasteiger partial charge in [0, 0.05) is 11.1 Å². The van der Waals surface area contributed by atoms with Crippen LogP contribution >= 0.6 is 0 Å². The monoisotopic (exact) mass is 311 g/mol. The highest BCUT2D eigenvalue weighted by atomic mass is 16.5. The Morgan fingerprint density at radius 1 is 1.13 bits per heavy atom. The number of methoxy groups -OCH3 is 2. The molecule has 5 heteroatoms. The van der Waals surface area contributed by atoms with Crippen LogP contribution in [-0.4, -0.2) is 32.0 Å². The van der Waals surface area contributed by atoms with E-state index in [1.807, 2.05) is 30.3 Å². The Morgan fingerprint density at radius 3 is 2.61 bits per heavy atom. The van der Waals surface area contributed by atoms with E-state index in [2.05, 4.69) is 0 Å². The van der Waals surface area contributed by atoms with Crippen LogP contribution in [0.5, 0.6) is 11.5 Å². The Bertz CT molecular complexity index is 782. The first-order chi connectivity index (χ1) is 11.2. The van der Waals surface area contributed by atoms with Crippen molar-refractivity contribution in [2.75, 3.05) is 25.9 Å². The van der Waals surface area contributed by atoms with Crippen LogP contribution in [0.15, 0.2) is 42.5 Å². The highest BCUT2D eigenvalue weighted by Crippen LogP contribution is 2.38. The van der Waals surface area contributed by atoms with Crippen LogP contribution in [0.4, 0.5) is 5.69 Å². The zero-order valence-electron chi connectivity index (χ0n) is 12.9. The van der Waals surface area contributed by atoms with E-state index in [1.165, 1.54) is 4.90 Å². The van der Waals surface area contributed by atoms with Crippen molar-refractivity contribution < 1.29 is 19.4 Å². The van der Waals surface area contributed by atoms with E-state index in [-0.39, 0.29) is 12.6 Å². The fourth-order valence-electron chi connectivity index (χ4n) is 2.69. The van der Waals surface area contributed by atoms with Crippen LogP contribution in [0.3, 0.4) is 0 Å². The number of ether oxygens (including phenoxy) is 2. The van der Waals surface area contributed by atoms with Crippen LogP contribution in [0, 0.1) is 0 Å². The summed E-state index contributed by atoms with van der Waals surface area (Å²) in [4.78, 5) is 13.9. The summed E-state index contributed by atoms with van der Waals surface area (Å²) in [6, 6.07) is 12.8. The molecule has 0 aromatic heterocycles. The van der Waals surface area contributed by atoms with Crippen molar-refractivity contribution in [2.24, 2.45) is 0 Å². The van der Waals surface area contributed by atoms with Gasteiger partial charge in [-0.3, -0.25) is 9.69 Å². The number of benzene rings is 2. The zero-order chi connectivity index (χ0) is 16.4. The van der Waals surface area contributed by atoms with Gasteiger partial charge in [0.1, 0.15) is 18.2 Å². The van der Waals surface area contributed by atoms with E-state index in [1.54, 1.807) is 32.4 Å². The van der Waals surface area contributed by atoms with Crippen molar-refractivity contribution in [3.63, 3.8) is 0 Å². The summed E-state index contributed by atoms with van der Waals surface area (Å²) >= 11 is 0. The number of carbonyl (C=O) groups is 1. The summed E-state index contributed by atoms with van der Waals surface area (Å²) in [5.41, 5.74) is 2.75. The number of nitrogens with zero attached hydrogens (tertiary/aromatic N) is 1. The molecule has 0 fully saturated rings. The van der Waals surface area contributed by atoms with E-state index < -0.39 is 0 Å². The lowest BCUT2D eigenvalue weighted by Gasteiger charge is -2.12. The zero-order valence-corrected chi connectivity index (χ0v) is 12.9. The lowest BCUT2D eigenvalue weighted by Crippen LogP contribution is -2.26. The third kappa shape index (κ3) is 2.55. The molecule has 0 aliphatic carbocycles. The maximum absolute atomic E-state index is 12.6. The summed E-state index contributed by atoms with van der Waals surface area (Å²) in [6.45, 7) is -0.359. The molecule has 2 aromatic carbocycles. The van der Waals surface area contributed by atoms with Gasteiger partial charge in [0.15, 0.2) is 0 Å². The molecule has 0 bridgehead atoms. The predicted molar refractivity (Wildman–Crippen MR) is 88.4 cm³/mol. The van der Waals surface area contributed by atoms with Crippen molar-refractivity contribution in [2.45, 2.75) is 0 Å². The Balaban J connectivity index is 2.15. The molecule has 3 rings (SSSR count). The van der Waals surface area contributed by atoms with Gasteiger partial charge in [-0.1, -0.05) is 18.2 Å². The first kappa shape index (κ1) is 15.1. The summed E-state index contributed by atoms with van der Waals surface area (Å²) in [6.07, 6.45) is 1.76. The second-order valence-electron chi connectivity index (χ2n) is 5.06. The topological polar surface area (TPSA) is 59.0 Å². The number of rotatable bonds is 4. The standard InChI is InChI=1S/C18H17NO4/c1-22-13-7-8-17(23-2)12(9-13)10-15-14-5-3-4-6-16(14)19(11-20)18(15)21/h3-10,20H,11H2,1-2H3. The first-order valence-electron chi connectivity index (χ1n) is 7.15. The van der Waals surface area contributed by atoms with Crippen molar-refractivity contribution in [1.29, 1.82) is 0 Å². The number of hydrogen-bond acceptors (Lipinski definition) is 4. The number of aliphatic hydroxyl groups is 1. The molecule has 2 aromatic rings. The van der Waals surface area contributed by atoms with Crippen molar-refractivity contribution in [3.8, 4) is 11.5 Å². The molecule has 1 amide bonds. The number of para-hydroxylation sites is 1. The number of fused-ring (bicyclic) bond motifs is 1. The van der Waals surface area contributed by atoms with Crippen molar-refractivity contribution in [1.82, 2.24) is 0 Å². The molecule has 0 spiro atoms. The molecule has 1 aliphatic heterocycles. The normalized spacial score (nSPS) is 15.0. The van der Waals surface area contributed by atoms with Gasteiger partial charge in [-0.2, -0.15) is 0 Å². The lowest BCUT2D eigenvalue weighted by molar-refractivity contribution is -0.113. The largest absolute Gasteiger partial charge is 0.497 e. The van der Waals surface area contributed by atoms with Gasteiger partial charge in [-0.15, -0.1) is 0 Å². The fourth-order valence-corrected chi connectivity index (χ4v) is 2.69. The van der Waals surface area contributed by atoms with Crippen molar-refractivity contribution in [3.05, 3.63) is 53.6 Å². The predicted octanol–water partition coefficient (Wildman–Crippen LogP) is 2.54. The molecular weight excluding hydrogens is 294 g/mol. The minimum absolute atomic E-state index is 0.237. The van der Waals surface area contributed by atoms with Gasteiger partial charge in [0.05, 0.1) is 25.5 Å².